The van der Waals surface area contributed by atoms with Gasteiger partial charge in [0.15, 0.2) is 0 Å². The Morgan fingerprint density at radius 2 is 2.10 bits per heavy atom. The molecule has 1 unspecified atom stereocenters. The van der Waals surface area contributed by atoms with Crippen LogP contribution in [0.15, 0.2) is 23.1 Å². The number of nitrogens with two attached hydrogens (primary N) is 1. The Morgan fingerprint density at radius 3 is 2.57 bits per heavy atom. The molecule has 0 radical (unpaired) electrons. The molecule has 1 aliphatic rings. The standard InChI is InChI=1S/C14H20N2O4S/c1-14(2)8-12(14)16-13(17)7-9-6-10(21(15,18)19)4-5-11(9)20-3/h4-6,12H,7-8H2,1-3H3,(H,16,17)(H2,15,18,19). The monoisotopic (exact) mass is 312 g/mol. The molecule has 0 aliphatic heterocycles. The molecule has 3 N–H and O–H groups in total. The van der Waals surface area contributed by atoms with Gasteiger partial charge in [-0.1, -0.05) is 13.8 Å². The second-order valence-electron chi connectivity index (χ2n) is 6.01. The van der Waals surface area contributed by atoms with Gasteiger partial charge in [0, 0.05) is 11.6 Å². The zero-order valence-electron chi connectivity index (χ0n) is 12.3. The van der Waals surface area contributed by atoms with E-state index in [-0.39, 0.29) is 28.7 Å². The maximum atomic E-state index is 12.0. The maximum absolute atomic E-state index is 12.0. The molecule has 1 aromatic rings. The van der Waals surface area contributed by atoms with Gasteiger partial charge in [-0.2, -0.15) is 0 Å². The smallest absolute Gasteiger partial charge is 0.238 e. The predicted octanol–water partition coefficient (Wildman–Crippen LogP) is 0.800. The van der Waals surface area contributed by atoms with Crippen LogP contribution in [0.25, 0.3) is 0 Å². The summed E-state index contributed by atoms with van der Waals surface area (Å²) in [4.78, 5) is 12.0. The lowest BCUT2D eigenvalue weighted by molar-refractivity contribution is -0.120. The third-order valence-corrected chi connectivity index (χ3v) is 4.69. The molecule has 1 aliphatic carbocycles. The molecule has 1 amide bonds. The van der Waals surface area contributed by atoms with Crippen molar-refractivity contribution in [3.8, 4) is 5.75 Å². The van der Waals surface area contributed by atoms with Gasteiger partial charge in [0.05, 0.1) is 18.4 Å². The molecular weight excluding hydrogens is 292 g/mol. The van der Waals surface area contributed by atoms with E-state index in [1.807, 2.05) is 0 Å². The summed E-state index contributed by atoms with van der Waals surface area (Å²) in [5, 5.41) is 8.03. The van der Waals surface area contributed by atoms with Crippen molar-refractivity contribution in [2.45, 2.75) is 37.6 Å². The quantitative estimate of drug-likeness (QED) is 0.840. The summed E-state index contributed by atoms with van der Waals surface area (Å²) in [5.74, 6) is 0.308. The van der Waals surface area contributed by atoms with Crippen LogP contribution in [0.4, 0.5) is 0 Å². The van der Waals surface area contributed by atoms with E-state index < -0.39 is 10.0 Å². The number of hydrogen-bond donors (Lipinski definition) is 2. The van der Waals surface area contributed by atoms with Crippen LogP contribution in [0.3, 0.4) is 0 Å². The number of hydrogen-bond acceptors (Lipinski definition) is 4. The molecule has 0 heterocycles. The van der Waals surface area contributed by atoms with Gasteiger partial charge in [-0.05, 0) is 30.0 Å². The molecule has 0 saturated heterocycles. The molecule has 0 spiro atoms. The average molecular weight is 312 g/mol. The first-order chi connectivity index (χ1) is 9.63. The molecule has 1 atom stereocenters. The SMILES string of the molecule is COc1ccc(S(N)(=O)=O)cc1CC(=O)NC1CC1(C)C. The second-order valence-corrected chi connectivity index (χ2v) is 7.57. The summed E-state index contributed by atoms with van der Waals surface area (Å²) in [6.07, 6.45) is 1.01. The Morgan fingerprint density at radius 1 is 1.48 bits per heavy atom. The first-order valence-corrected chi connectivity index (χ1v) is 8.17. The third kappa shape index (κ3) is 3.74. The number of ether oxygens (including phenoxy) is 1. The molecule has 21 heavy (non-hydrogen) atoms. The van der Waals surface area contributed by atoms with Gasteiger partial charge in [0.2, 0.25) is 15.9 Å². The number of nitrogens with one attached hydrogen (secondary N) is 1. The summed E-state index contributed by atoms with van der Waals surface area (Å²) in [7, 11) is -2.33. The molecular formula is C14H20N2O4S. The number of benzene rings is 1. The fourth-order valence-electron chi connectivity index (χ4n) is 2.20. The number of rotatable bonds is 5. The maximum Gasteiger partial charge on any atom is 0.238 e. The minimum Gasteiger partial charge on any atom is -0.496 e. The van der Waals surface area contributed by atoms with Crippen molar-refractivity contribution in [3.63, 3.8) is 0 Å². The van der Waals surface area contributed by atoms with Gasteiger partial charge >= 0.3 is 0 Å². The highest BCUT2D eigenvalue weighted by molar-refractivity contribution is 7.89. The topological polar surface area (TPSA) is 98.5 Å². The second kappa shape index (κ2) is 5.31. The van der Waals surface area contributed by atoms with Crippen molar-refractivity contribution in [2.75, 3.05) is 7.11 Å². The Balaban J connectivity index is 2.16. The predicted molar refractivity (Wildman–Crippen MR) is 78.4 cm³/mol. The van der Waals surface area contributed by atoms with E-state index in [2.05, 4.69) is 19.2 Å². The summed E-state index contributed by atoms with van der Waals surface area (Å²) in [6, 6.07) is 4.42. The van der Waals surface area contributed by atoms with Crippen molar-refractivity contribution in [3.05, 3.63) is 23.8 Å². The summed E-state index contributed by atoms with van der Waals surface area (Å²) >= 11 is 0. The Bertz CT molecular complexity index is 668. The summed E-state index contributed by atoms with van der Waals surface area (Å²) in [5.41, 5.74) is 0.641. The first-order valence-electron chi connectivity index (χ1n) is 6.62. The zero-order valence-corrected chi connectivity index (χ0v) is 13.2. The number of primary sulfonamides is 1. The van der Waals surface area contributed by atoms with Crippen LogP contribution in [0.5, 0.6) is 5.75 Å². The van der Waals surface area contributed by atoms with E-state index in [1.165, 1.54) is 25.3 Å². The van der Waals surface area contributed by atoms with E-state index in [9.17, 15) is 13.2 Å². The van der Waals surface area contributed by atoms with E-state index >= 15 is 0 Å². The average Bonchev–Trinajstić information content (AvgIpc) is 2.94. The van der Waals surface area contributed by atoms with Crippen LogP contribution in [0, 0.1) is 5.41 Å². The normalized spacial score (nSPS) is 19.9. The minimum absolute atomic E-state index is 0.0298. The molecule has 1 fully saturated rings. The minimum atomic E-state index is -3.80. The molecule has 6 nitrogen and oxygen atoms in total. The fraction of sp³-hybridized carbons (Fsp3) is 0.500. The van der Waals surface area contributed by atoms with Crippen LogP contribution in [0.1, 0.15) is 25.8 Å². The van der Waals surface area contributed by atoms with Crippen molar-refractivity contribution >= 4 is 15.9 Å². The third-order valence-electron chi connectivity index (χ3n) is 3.78. The van der Waals surface area contributed by atoms with Gasteiger partial charge in [-0.15, -0.1) is 0 Å². The van der Waals surface area contributed by atoms with Crippen LogP contribution in [-0.2, 0) is 21.2 Å². The lowest BCUT2D eigenvalue weighted by Gasteiger charge is -2.11. The lowest BCUT2D eigenvalue weighted by Crippen LogP contribution is -2.30. The first kappa shape index (κ1) is 15.8. The molecule has 2 rings (SSSR count). The van der Waals surface area contributed by atoms with Crippen LogP contribution in [0.2, 0.25) is 0 Å². The van der Waals surface area contributed by atoms with Gasteiger partial charge < -0.3 is 10.1 Å². The van der Waals surface area contributed by atoms with Crippen LogP contribution >= 0.6 is 0 Å². The molecule has 1 aromatic carbocycles. The number of sulfonamides is 1. The zero-order chi connectivity index (χ0) is 15.8. The number of carbonyl (C=O) groups is 1. The summed E-state index contributed by atoms with van der Waals surface area (Å²) < 4.78 is 27.9. The highest BCUT2D eigenvalue weighted by Crippen LogP contribution is 2.44. The van der Waals surface area contributed by atoms with Crippen molar-refractivity contribution in [2.24, 2.45) is 10.6 Å². The number of methoxy groups -OCH3 is 1. The summed E-state index contributed by atoms with van der Waals surface area (Å²) in [6.45, 7) is 4.17. The molecule has 116 valence electrons. The number of carbonyl (C=O) groups excluding carboxylic acids is 1. The van der Waals surface area contributed by atoms with Gasteiger partial charge in [0.25, 0.3) is 0 Å². The van der Waals surface area contributed by atoms with Gasteiger partial charge in [-0.3, -0.25) is 4.79 Å². The molecule has 1 saturated carbocycles. The van der Waals surface area contributed by atoms with Gasteiger partial charge in [0.1, 0.15) is 5.75 Å². The molecule has 0 bridgehead atoms. The van der Waals surface area contributed by atoms with E-state index in [1.54, 1.807) is 0 Å². The molecule has 7 heteroatoms. The Labute approximate surface area is 124 Å². The van der Waals surface area contributed by atoms with Gasteiger partial charge in [-0.25, -0.2) is 13.6 Å². The highest BCUT2D eigenvalue weighted by Gasteiger charge is 2.46. The van der Waals surface area contributed by atoms with Crippen molar-refractivity contribution < 1.29 is 17.9 Å². The Hall–Kier alpha value is -1.60. The Kier molecular flexibility index (Phi) is 3.99. The largest absolute Gasteiger partial charge is 0.496 e. The van der Waals surface area contributed by atoms with Crippen molar-refractivity contribution in [1.29, 1.82) is 0 Å². The van der Waals surface area contributed by atoms with E-state index in [0.717, 1.165) is 6.42 Å². The van der Waals surface area contributed by atoms with Crippen LogP contribution in [-0.4, -0.2) is 27.5 Å². The fourth-order valence-corrected chi connectivity index (χ4v) is 2.77. The lowest BCUT2D eigenvalue weighted by atomic mass is 10.1. The van der Waals surface area contributed by atoms with E-state index in [4.69, 9.17) is 9.88 Å². The van der Waals surface area contributed by atoms with E-state index in [0.29, 0.717) is 11.3 Å². The highest BCUT2D eigenvalue weighted by atomic mass is 32.2. The van der Waals surface area contributed by atoms with Crippen LogP contribution < -0.4 is 15.2 Å². The van der Waals surface area contributed by atoms with Crippen molar-refractivity contribution in [1.82, 2.24) is 5.32 Å². The number of amides is 1. The molecule has 0 aromatic heterocycles.